The first-order valence-electron chi connectivity index (χ1n) is 11.1. The molecule has 1 fully saturated rings. The van der Waals surface area contributed by atoms with Gasteiger partial charge in [-0.25, -0.2) is 8.42 Å². The first-order chi connectivity index (χ1) is 16.2. The van der Waals surface area contributed by atoms with Gasteiger partial charge >= 0.3 is 12.1 Å². The van der Waals surface area contributed by atoms with Crippen LogP contribution >= 0.6 is 11.6 Å². The zero-order valence-corrected chi connectivity index (χ0v) is 21.2. The van der Waals surface area contributed by atoms with E-state index in [-0.39, 0.29) is 28.4 Å². The molecule has 3 rings (SSSR count). The summed E-state index contributed by atoms with van der Waals surface area (Å²) < 4.78 is 67.1. The SMILES string of the molecule is Cc1ccc(S(=O)(=O)N2C(C)CN(CCc3ccc(C(F)(F)F)c(Cl)c3)CC2C)cc1CC(=O)O. The number of halogens is 4. The highest BCUT2D eigenvalue weighted by Gasteiger charge is 2.38. The summed E-state index contributed by atoms with van der Waals surface area (Å²) in [4.78, 5) is 13.3. The van der Waals surface area contributed by atoms with Crippen molar-refractivity contribution in [3.63, 3.8) is 0 Å². The van der Waals surface area contributed by atoms with E-state index in [1.807, 2.05) is 13.8 Å². The summed E-state index contributed by atoms with van der Waals surface area (Å²) in [7, 11) is -3.86. The molecule has 2 aromatic carbocycles. The molecule has 2 atom stereocenters. The van der Waals surface area contributed by atoms with Crippen molar-refractivity contribution in [3.05, 3.63) is 63.7 Å². The summed E-state index contributed by atoms with van der Waals surface area (Å²) in [5.41, 5.74) is 0.962. The molecule has 0 bridgehead atoms. The van der Waals surface area contributed by atoms with Crippen LogP contribution in [0.4, 0.5) is 13.2 Å². The Hall–Kier alpha value is -2.14. The number of piperazine rings is 1. The van der Waals surface area contributed by atoms with Crippen molar-refractivity contribution in [3.8, 4) is 0 Å². The second kappa shape index (κ2) is 10.5. The molecule has 2 aromatic rings. The van der Waals surface area contributed by atoms with Gasteiger partial charge in [-0.05, 0) is 68.1 Å². The van der Waals surface area contributed by atoms with E-state index in [1.54, 1.807) is 13.0 Å². The van der Waals surface area contributed by atoms with Gasteiger partial charge in [0.05, 0.1) is 21.9 Å². The number of aliphatic carboxylic acids is 1. The van der Waals surface area contributed by atoms with Crippen LogP contribution in [-0.2, 0) is 33.8 Å². The highest BCUT2D eigenvalue weighted by molar-refractivity contribution is 7.89. The Balaban J connectivity index is 1.71. The van der Waals surface area contributed by atoms with Crippen molar-refractivity contribution in [1.29, 1.82) is 0 Å². The average Bonchev–Trinajstić information content (AvgIpc) is 2.72. The molecule has 2 unspecified atom stereocenters. The van der Waals surface area contributed by atoms with Gasteiger partial charge in [-0.15, -0.1) is 0 Å². The van der Waals surface area contributed by atoms with Crippen LogP contribution in [0.2, 0.25) is 5.02 Å². The lowest BCUT2D eigenvalue weighted by Crippen LogP contribution is -2.58. The normalized spacial score (nSPS) is 20.2. The third-order valence-electron chi connectivity index (χ3n) is 6.21. The Morgan fingerprint density at radius 1 is 1.11 bits per heavy atom. The fourth-order valence-corrected chi connectivity index (χ4v) is 6.75. The minimum absolute atomic E-state index is 0.0610. The number of hydrogen-bond acceptors (Lipinski definition) is 4. The van der Waals surface area contributed by atoms with Crippen LogP contribution in [0.5, 0.6) is 0 Å². The van der Waals surface area contributed by atoms with Gasteiger partial charge in [0.25, 0.3) is 0 Å². The molecule has 35 heavy (non-hydrogen) atoms. The van der Waals surface area contributed by atoms with Gasteiger partial charge in [-0.3, -0.25) is 9.69 Å². The van der Waals surface area contributed by atoms with Crippen LogP contribution in [-0.4, -0.2) is 60.4 Å². The lowest BCUT2D eigenvalue weighted by atomic mass is 10.1. The van der Waals surface area contributed by atoms with E-state index in [0.29, 0.717) is 42.7 Å². The molecule has 1 N–H and O–H groups in total. The Morgan fingerprint density at radius 2 is 1.74 bits per heavy atom. The number of carboxylic acids is 1. The molecule has 1 heterocycles. The number of benzene rings is 2. The topological polar surface area (TPSA) is 77.9 Å². The summed E-state index contributed by atoms with van der Waals surface area (Å²) in [6, 6.07) is 7.54. The molecule has 0 aromatic heterocycles. The van der Waals surface area contributed by atoms with Gasteiger partial charge in [0.2, 0.25) is 10.0 Å². The summed E-state index contributed by atoms with van der Waals surface area (Å²) in [6.45, 7) is 6.79. The Morgan fingerprint density at radius 3 is 2.29 bits per heavy atom. The van der Waals surface area contributed by atoms with Crippen molar-refractivity contribution < 1.29 is 31.5 Å². The molecule has 0 amide bonds. The number of hydrogen-bond donors (Lipinski definition) is 1. The Bertz CT molecular complexity index is 1190. The maximum Gasteiger partial charge on any atom is 0.417 e. The van der Waals surface area contributed by atoms with E-state index < -0.39 is 27.7 Å². The third-order valence-corrected chi connectivity index (χ3v) is 8.64. The van der Waals surface area contributed by atoms with Gasteiger partial charge < -0.3 is 5.11 Å². The quantitative estimate of drug-likeness (QED) is 0.563. The highest BCUT2D eigenvalue weighted by Crippen LogP contribution is 2.35. The number of rotatable bonds is 7. The highest BCUT2D eigenvalue weighted by atomic mass is 35.5. The molecule has 11 heteroatoms. The molecular formula is C24H28ClF3N2O4S. The molecule has 192 valence electrons. The van der Waals surface area contributed by atoms with Gasteiger partial charge in [0.15, 0.2) is 0 Å². The minimum Gasteiger partial charge on any atom is -0.481 e. The third kappa shape index (κ3) is 6.35. The van der Waals surface area contributed by atoms with Crippen molar-refractivity contribution in [2.45, 2.75) is 56.8 Å². The summed E-state index contributed by atoms with van der Waals surface area (Å²) in [5, 5.41) is 8.78. The van der Waals surface area contributed by atoms with E-state index >= 15 is 0 Å². The molecule has 6 nitrogen and oxygen atoms in total. The lowest BCUT2D eigenvalue weighted by Gasteiger charge is -2.43. The van der Waals surface area contributed by atoms with Crippen LogP contribution in [0.1, 0.15) is 36.1 Å². The number of alkyl halides is 3. The van der Waals surface area contributed by atoms with Gasteiger partial charge in [-0.1, -0.05) is 23.7 Å². The zero-order valence-electron chi connectivity index (χ0n) is 19.6. The van der Waals surface area contributed by atoms with Gasteiger partial charge in [-0.2, -0.15) is 17.5 Å². The Kier molecular flexibility index (Phi) is 8.20. The second-order valence-electron chi connectivity index (χ2n) is 9.01. The molecule has 1 aliphatic rings. The molecule has 0 spiro atoms. The minimum atomic E-state index is -4.51. The Labute approximate surface area is 208 Å². The zero-order chi connectivity index (χ0) is 26.1. The van der Waals surface area contributed by atoms with Crippen LogP contribution in [0, 0.1) is 6.92 Å². The predicted molar refractivity (Wildman–Crippen MR) is 127 cm³/mol. The van der Waals surface area contributed by atoms with Crippen molar-refractivity contribution >= 4 is 27.6 Å². The summed E-state index contributed by atoms with van der Waals surface area (Å²) in [6.07, 6.45) is -4.29. The maximum absolute atomic E-state index is 13.4. The average molecular weight is 533 g/mol. The number of carbonyl (C=O) groups is 1. The lowest BCUT2D eigenvalue weighted by molar-refractivity contribution is -0.138. The maximum atomic E-state index is 13.4. The van der Waals surface area contributed by atoms with E-state index in [1.165, 1.54) is 28.6 Å². The molecule has 1 saturated heterocycles. The molecule has 1 aliphatic heterocycles. The van der Waals surface area contributed by atoms with Crippen molar-refractivity contribution in [2.24, 2.45) is 0 Å². The smallest absolute Gasteiger partial charge is 0.417 e. The number of sulfonamides is 1. The fraction of sp³-hybridized carbons (Fsp3) is 0.458. The predicted octanol–water partition coefficient (Wildman–Crippen LogP) is 4.62. The van der Waals surface area contributed by atoms with Crippen molar-refractivity contribution in [2.75, 3.05) is 19.6 Å². The number of nitrogens with zero attached hydrogens (tertiary/aromatic N) is 2. The van der Waals surface area contributed by atoms with E-state index in [0.717, 1.165) is 6.07 Å². The first-order valence-corrected chi connectivity index (χ1v) is 12.9. The molecule has 0 saturated carbocycles. The van der Waals surface area contributed by atoms with Crippen molar-refractivity contribution in [1.82, 2.24) is 9.21 Å². The van der Waals surface area contributed by atoms with E-state index in [9.17, 15) is 26.4 Å². The van der Waals surface area contributed by atoms with Crippen LogP contribution in [0.3, 0.4) is 0 Å². The molecule has 0 aliphatic carbocycles. The van der Waals surface area contributed by atoms with E-state index in [2.05, 4.69) is 4.90 Å². The largest absolute Gasteiger partial charge is 0.481 e. The van der Waals surface area contributed by atoms with Crippen LogP contribution < -0.4 is 0 Å². The fourth-order valence-electron chi connectivity index (χ4n) is 4.59. The monoisotopic (exact) mass is 532 g/mol. The number of aryl methyl sites for hydroxylation is 1. The summed E-state index contributed by atoms with van der Waals surface area (Å²) >= 11 is 5.82. The van der Waals surface area contributed by atoms with Crippen LogP contribution in [0.25, 0.3) is 0 Å². The first kappa shape index (κ1) is 27.4. The van der Waals surface area contributed by atoms with E-state index in [4.69, 9.17) is 16.7 Å². The standard InChI is InChI=1S/C24H28ClF3N2O4S/c1-15-4-6-20(11-19(15)12-23(31)32)35(33,34)30-16(2)13-29(14-17(30)3)9-8-18-5-7-21(22(25)10-18)24(26,27)28/h4-7,10-11,16-17H,8-9,12-14H2,1-3H3,(H,31,32). The number of carboxylic acid groups (broad SMARTS) is 1. The second-order valence-corrected chi connectivity index (χ2v) is 11.3. The molecular weight excluding hydrogens is 505 g/mol. The van der Waals surface area contributed by atoms with Crippen LogP contribution in [0.15, 0.2) is 41.3 Å². The van der Waals surface area contributed by atoms with Gasteiger partial charge in [0, 0.05) is 31.7 Å². The summed E-state index contributed by atoms with van der Waals surface area (Å²) in [5.74, 6) is -1.03. The molecule has 0 radical (unpaired) electrons. The van der Waals surface area contributed by atoms with Gasteiger partial charge in [0.1, 0.15) is 0 Å².